The molecule has 0 aliphatic carbocycles. The number of aliphatic carboxylic acids is 1. The number of carbonyl (C=O) groups is 2. The summed E-state index contributed by atoms with van der Waals surface area (Å²) in [5.41, 5.74) is 0.380. The fourth-order valence-electron chi connectivity index (χ4n) is 2.42. The van der Waals surface area contributed by atoms with Gasteiger partial charge in [0.25, 0.3) is 5.91 Å². The second-order valence-corrected chi connectivity index (χ2v) is 5.17. The Hall–Kier alpha value is -1.95. The van der Waals surface area contributed by atoms with Crippen LogP contribution in [0.1, 0.15) is 16.8 Å². The molecule has 1 aromatic rings. The molecule has 0 unspecified atom stereocenters. The maximum atomic E-state index is 12.3. The summed E-state index contributed by atoms with van der Waals surface area (Å²) < 4.78 is 10.4. The lowest BCUT2D eigenvalue weighted by Crippen LogP contribution is -2.29. The minimum atomic E-state index is -0.871. The normalized spacial score (nSPS) is 20.2. The summed E-state index contributed by atoms with van der Waals surface area (Å²) in [6, 6.07) is 3.09. The lowest BCUT2D eigenvalue weighted by molar-refractivity contribution is -0.141. The van der Waals surface area contributed by atoms with Gasteiger partial charge in [0.2, 0.25) is 6.79 Å². The highest BCUT2D eigenvalue weighted by atomic mass is 35.5. The zero-order chi connectivity index (χ0) is 14.3. The molecule has 1 aromatic carbocycles. The van der Waals surface area contributed by atoms with Gasteiger partial charge in [-0.3, -0.25) is 9.59 Å². The molecule has 3 rings (SSSR count). The summed E-state index contributed by atoms with van der Waals surface area (Å²) in [4.78, 5) is 24.8. The fourth-order valence-corrected chi connectivity index (χ4v) is 2.68. The highest BCUT2D eigenvalue weighted by Crippen LogP contribution is 2.40. The Bertz CT molecular complexity index is 588. The molecular weight excluding hydrogens is 286 g/mol. The van der Waals surface area contributed by atoms with Gasteiger partial charge in [-0.05, 0) is 18.6 Å². The number of carboxylic acids is 1. The van der Waals surface area contributed by atoms with Gasteiger partial charge < -0.3 is 19.5 Å². The Morgan fingerprint density at radius 1 is 1.35 bits per heavy atom. The second kappa shape index (κ2) is 4.86. The summed E-state index contributed by atoms with van der Waals surface area (Å²) in [6.07, 6.45) is 0.472. The Labute approximate surface area is 119 Å². The third-order valence-corrected chi connectivity index (χ3v) is 3.78. The van der Waals surface area contributed by atoms with E-state index in [0.717, 1.165) is 0 Å². The Morgan fingerprint density at radius 2 is 2.15 bits per heavy atom. The van der Waals surface area contributed by atoms with Crippen LogP contribution in [-0.2, 0) is 4.79 Å². The standard InChI is InChI=1S/C13H12ClNO5/c14-9-3-8(4-10-11(9)20-6-19-10)12(16)15-2-1-7(5-15)13(17)18/h3-4,7H,1-2,5-6H2,(H,17,18)/t7-/m1/s1. The summed E-state index contributed by atoms with van der Waals surface area (Å²) in [7, 11) is 0. The van der Waals surface area contributed by atoms with E-state index in [9.17, 15) is 9.59 Å². The molecule has 1 amide bonds. The zero-order valence-corrected chi connectivity index (χ0v) is 11.2. The number of halogens is 1. The van der Waals surface area contributed by atoms with Crippen molar-refractivity contribution in [2.45, 2.75) is 6.42 Å². The minimum Gasteiger partial charge on any atom is -0.481 e. The third kappa shape index (κ3) is 2.16. The van der Waals surface area contributed by atoms with Crippen LogP contribution < -0.4 is 9.47 Å². The molecule has 0 spiro atoms. The third-order valence-electron chi connectivity index (χ3n) is 3.50. The van der Waals surface area contributed by atoms with Crippen LogP contribution in [0.2, 0.25) is 5.02 Å². The smallest absolute Gasteiger partial charge is 0.308 e. The van der Waals surface area contributed by atoms with Crippen molar-refractivity contribution in [3.63, 3.8) is 0 Å². The summed E-state index contributed by atoms with van der Waals surface area (Å²) in [6.45, 7) is 0.736. The number of fused-ring (bicyclic) bond motifs is 1. The Balaban J connectivity index is 1.82. The monoisotopic (exact) mass is 297 g/mol. The molecule has 1 fully saturated rings. The van der Waals surface area contributed by atoms with Gasteiger partial charge in [0.1, 0.15) is 0 Å². The van der Waals surface area contributed by atoms with Crippen molar-refractivity contribution in [2.24, 2.45) is 5.92 Å². The van der Waals surface area contributed by atoms with Crippen molar-refractivity contribution in [3.05, 3.63) is 22.7 Å². The van der Waals surface area contributed by atoms with Gasteiger partial charge in [-0.1, -0.05) is 11.6 Å². The first kappa shape index (κ1) is 13.1. The van der Waals surface area contributed by atoms with Crippen LogP contribution in [0.4, 0.5) is 0 Å². The molecular formula is C13H12ClNO5. The summed E-state index contributed by atoms with van der Waals surface area (Å²) in [5, 5.41) is 9.28. The predicted octanol–water partition coefficient (Wildman–Crippen LogP) is 1.62. The largest absolute Gasteiger partial charge is 0.481 e. The fraction of sp³-hybridized carbons (Fsp3) is 0.385. The van der Waals surface area contributed by atoms with Crippen LogP contribution in [0.15, 0.2) is 12.1 Å². The first-order valence-electron chi connectivity index (χ1n) is 6.17. The zero-order valence-electron chi connectivity index (χ0n) is 10.5. The van der Waals surface area contributed by atoms with E-state index in [0.29, 0.717) is 35.1 Å². The number of carbonyl (C=O) groups excluding carboxylic acids is 1. The molecule has 1 N–H and O–H groups in total. The van der Waals surface area contributed by atoms with E-state index in [1.165, 1.54) is 11.0 Å². The molecule has 7 heteroatoms. The molecule has 1 atom stereocenters. The van der Waals surface area contributed by atoms with Crippen molar-refractivity contribution < 1.29 is 24.2 Å². The van der Waals surface area contributed by atoms with Crippen molar-refractivity contribution in [2.75, 3.05) is 19.9 Å². The number of carboxylic acid groups (broad SMARTS) is 1. The van der Waals surface area contributed by atoms with E-state index < -0.39 is 11.9 Å². The van der Waals surface area contributed by atoms with Crippen LogP contribution in [0.3, 0.4) is 0 Å². The quantitative estimate of drug-likeness (QED) is 0.897. The van der Waals surface area contributed by atoms with E-state index in [2.05, 4.69) is 0 Å². The second-order valence-electron chi connectivity index (χ2n) is 4.77. The highest BCUT2D eigenvalue weighted by molar-refractivity contribution is 6.32. The van der Waals surface area contributed by atoms with E-state index in [1.807, 2.05) is 0 Å². The molecule has 6 nitrogen and oxygen atoms in total. The first-order chi connectivity index (χ1) is 9.56. The topological polar surface area (TPSA) is 76.1 Å². The number of likely N-dealkylation sites (tertiary alicyclic amines) is 1. The maximum absolute atomic E-state index is 12.3. The van der Waals surface area contributed by atoms with Gasteiger partial charge in [-0.2, -0.15) is 0 Å². The molecule has 1 saturated heterocycles. The number of benzene rings is 1. The number of nitrogens with zero attached hydrogens (tertiary/aromatic N) is 1. The van der Waals surface area contributed by atoms with Crippen LogP contribution in [0.25, 0.3) is 0 Å². The molecule has 20 heavy (non-hydrogen) atoms. The first-order valence-corrected chi connectivity index (χ1v) is 6.55. The average molecular weight is 298 g/mol. The van der Waals surface area contributed by atoms with E-state index in [4.69, 9.17) is 26.2 Å². The predicted molar refractivity (Wildman–Crippen MR) is 69.2 cm³/mol. The van der Waals surface area contributed by atoms with E-state index >= 15 is 0 Å². The average Bonchev–Trinajstić information content (AvgIpc) is 3.06. The van der Waals surface area contributed by atoms with E-state index in [-0.39, 0.29) is 19.2 Å². The number of amides is 1. The van der Waals surface area contributed by atoms with E-state index in [1.54, 1.807) is 6.07 Å². The van der Waals surface area contributed by atoms with Crippen LogP contribution >= 0.6 is 11.6 Å². The van der Waals surface area contributed by atoms with Gasteiger partial charge in [0.05, 0.1) is 10.9 Å². The maximum Gasteiger partial charge on any atom is 0.308 e. The van der Waals surface area contributed by atoms with Crippen molar-refractivity contribution >= 4 is 23.5 Å². The Kier molecular flexibility index (Phi) is 3.17. The molecule has 0 aromatic heterocycles. The molecule has 2 aliphatic heterocycles. The van der Waals surface area contributed by atoms with Crippen molar-refractivity contribution in [3.8, 4) is 11.5 Å². The molecule has 2 aliphatic rings. The van der Waals surface area contributed by atoms with Crippen LogP contribution in [0, 0.1) is 5.92 Å². The molecule has 0 radical (unpaired) electrons. The molecule has 0 saturated carbocycles. The number of ether oxygens (including phenoxy) is 2. The van der Waals surface area contributed by atoms with Gasteiger partial charge in [0.15, 0.2) is 11.5 Å². The van der Waals surface area contributed by atoms with Crippen LogP contribution in [0.5, 0.6) is 11.5 Å². The van der Waals surface area contributed by atoms with Crippen molar-refractivity contribution in [1.29, 1.82) is 0 Å². The molecule has 0 bridgehead atoms. The van der Waals surface area contributed by atoms with Crippen molar-refractivity contribution in [1.82, 2.24) is 4.90 Å². The van der Waals surface area contributed by atoms with Crippen LogP contribution in [-0.4, -0.2) is 41.8 Å². The number of hydrogen-bond acceptors (Lipinski definition) is 4. The lowest BCUT2D eigenvalue weighted by atomic mass is 10.1. The van der Waals surface area contributed by atoms with Gasteiger partial charge in [-0.25, -0.2) is 0 Å². The number of hydrogen-bond donors (Lipinski definition) is 1. The lowest BCUT2D eigenvalue weighted by Gasteiger charge is -2.16. The van der Waals surface area contributed by atoms with Gasteiger partial charge in [0, 0.05) is 18.7 Å². The Morgan fingerprint density at radius 3 is 2.85 bits per heavy atom. The summed E-state index contributed by atoms with van der Waals surface area (Å²) in [5.74, 6) is -0.732. The molecule has 2 heterocycles. The number of rotatable bonds is 2. The summed E-state index contributed by atoms with van der Waals surface area (Å²) >= 11 is 6.03. The minimum absolute atomic E-state index is 0.0809. The van der Waals surface area contributed by atoms with Gasteiger partial charge in [-0.15, -0.1) is 0 Å². The SMILES string of the molecule is O=C(O)[C@@H]1CCN(C(=O)c2cc(Cl)c3c(c2)OCO3)C1. The van der Waals surface area contributed by atoms with Gasteiger partial charge >= 0.3 is 5.97 Å². The molecule has 106 valence electrons. The highest BCUT2D eigenvalue weighted by Gasteiger charge is 2.32.